The fourth-order valence-corrected chi connectivity index (χ4v) is 22.2. The van der Waals surface area contributed by atoms with Crippen LogP contribution in [-0.2, 0) is 124 Å². The molecule has 0 aliphatic carbocycles. The van der Waals surface area contributed by atoms with Crippen molar-refractivity contribution in [1.82, 2.24) is 66.9 Å². The Morgan fingerprint density at radius 3 is 0.652 bits per heavy atom. The molecule has 0 aromatic carbocycles. The van der Waals surface area contributed by atoms with Crippen LogP contribution in [0.25, 0.3) is 0 Å². The van der Waals surface area contributed by atoms with Crippen LogP contribution in [0, 0.1) is 48.5 Å². The Balaban J connectivity index is 0.665. The molecule has 0 saturated carbocycles. The average Bonchev–Trinajstić information content (AvgIpc) is 1.66. The minimum absolute atomic E-state index is 0.00537. The van der Waals surface area contributed by atoms with Gasteiger partial charge in [-0.3, -0.25) is 140 Å². The SMILES string of the molecule is Cc1cn([C@H]2C[C@H](OP(=O)(O)O)[C@@H](COP(=O)(O)O[C@H]3C[C@H](n4cc(C)c(=O)[nH]c4=O)O[C@@H]3COP(=O)(O)O[C@H]3C[C@H](n4cc(C)c(=O)[nH]c4=O)O[C@@H]3COP(=O)(O)O[C@H]3C[C@H](n4cc(C)c(=O)[nH]c4=O)O[C@@H]3COP(=O)(O)O[C@H]3C[C@H](n4cc(C)c(=O)[nH]c4=O)O[C@@H]3COP(=O)(O)O[C@H]3C[C@H](n4cc(C)c(=O)[nH]c4=O)O[C@@H]3COP(=O)(O)O[C@H]3C[C@H](n4cc(C)c([O-])nc4=O)O[C@@H]3CO)O2)c(=O)nc1[O-]. The van der Waals surface area contributed by atoms with E-state index in [1.165, 1.54) is 48.5 Å². The van der Waals surface area contributed by atoms with E-state index in [0.717, 1.165) is 75.3 Å². The molecule has 64 nitrogen and oxygen atoms in total. The van der Waals surface area contributed by atoms with Crippen molar-refractivity contribution in [3.63, 3.8) is 0 Å². The van der Waals surface area contributed by atoms with Crippen LogP contribution in [-0.4, -0.2) is 243 Å². The Morgan fingerprint density at radius 2 is 0.461 bits per heavy atom. The van der Waals surface area contributed by atoms with Gasteiger partial charge < -0.3 is 87.6 Å². The molecule has 14 N–H and O–H groups in total. The molecule has 71 heteroatoms. The van der Waals surface area contributed by atoms with Gasteiger partial charge in [-0.15, -0.1) is 0 Å². The Bertz CT molecular complexity index is 6950. The molecule has 6 unspecified atom stereocenters. The van der Waals surface area contributed by atoms with E-state index >= 15 is 0 Å². The first-order valence-corrected chi connectivity index (χ1v) is 52.4. The molecule has 0 amide bonds. The highest BCUT2D eigenvalue weighted by Crippen LogP contribution is 2.58. The number of phosphoric acid groups is 7. The molecular weight excluding hydrogens is 2050 g/mol. The maximum Gasteiger partial charge on any atom is 0.472 e. The second-order valence-electron chi connectivity index (χ2n) is 33.1. The number of hydrogen-bond donors (Lipinski definition) is 14. The first-order chi connectivity index (χ1) is 65.8. The first kappa shape index (κ1) is 108. The first-order valence-electron chi connectivity index (χ1n) is 41.9. The summed E-state index contributed by atoms with van der Waals surface area (Å²) in [5.41, 5.74) is -12.9. The largest absolute Gasteiger partial charge is 0.858 e. The molecule has 7 aromatic heterocycles. The fourth-order valence-electron chi connectivity index (χ4n) is 15.8. The van der Waals surface area contributed by atoms with Crippen molar-refractivity contribution in [2.24, 2.45) is 0 Å². The van der Waals surface area contributed by atoms with E-state index in [2.05, 4.69) is 9.97 Å². The molecule has 141 heavy (non-hydrogen) atoms. The normalized spacial score (nSPS) is 29.6. The fraction of sp³-hybridized carbons (Fsp3) is 0.600. The van der Waals surface area contributed by atoms with Gasteiger partial charge in [-0.2, -0.15) is 0 Å². The number of ether oxygens (including phenoxy) is 7. The third-order valence-electron chi connectivity index (χ3n) is 22.8. The van der Waals surface area contributed by atoms with Gasteiger partial charge in [-0.05, 0) is 71.4 Å². The van der Waals surface area contributed by atoms with E-state index < -0.39 is 354 Å². The third-order valence-corrected chi connectivity index (χ3v) is 29.4. The number of phosphoric ester groups is 7. The number of aliphatic hydroxyl groups excluding tert-OH is 1. The molecule has 7 aliphatic heterocycles. The van der Waals surface area contributed by atoms with E-state index in [-0.39, 0.29) is 38.9 Å². The Morgan fingerprint density at radius 1 is 0.291 bits per heavy atom. The molecule has 0 radical (unpaired) electrons. The molecule has 7 fully saturated rings. The van der Waals surface area contributed by atoms with Gasteiger partial charge in [-0.25, -0.2) is 75.5 Å². The molecule has 7 saturated heterocycles. The molecule has 778 valence electrons. The minimum atomic E-state index is -5.82. The van der Waals surface area contributed by atoms with E-state index in [0.29, 0.717) is 0 Å². The maximum absolute atomic E-state index is 14.5. The minimum Gasteiger partial charge on any atom is -0.858 e. The predicted octanol–water partition coefficient (Wildman–Crippen LogP) is -3.95. The van der Waals surface area contributed by atoms with E-state index in [9.17, 15) is 144 Å². The molecule has 0 spiro atoms. The topological polar surface area (TPSA) is 876 Å². The highest BCUT2D eigenvalue weighted by molar-refractivity contribution is 7.49. The number of rotatable bonds is 40. The van der Waals surface area contributed by atoms with Gasteiger partial charge in [0.1, 0.15) is 129 Å². The molecular formula is C70H91N14O50P7-2. The molecule has 14 heterocycles. The van der Waals surface area contributed by atoms with Gasteiger partial charge in [-0.1, -0.05) is 0 Å². The van der Waals surface area contributed by atoms with Gasteiger partial charge in [0.15, 0.2) is 0 Å². The average molecular weight is 2150 g/mol. The molecule has 0 bridgehead atoms. The highest BCUT2D eigenvalue weighted by atomic mass is 31.2. The van der Waals surface area contributed by atoms with E-state index in [4.69, 9.17) is 92.0 Å². The van der Waals surface area contributed by atoms with E-state index in [1.807, 2.05) is 24.9 Å². The zero-order valence-electron chi connectivity index (χ0n) is 74.0. The number of aromatic nitrogens is 14. The van der Waals surface area contributed by atoms with Crippen LogP contribution in [0.15, 0.2) is 101 Å². The van der Waals surface area contributed by atoms with Gasteiger partial charge in [0.25, 0.3) is 27.8 Å². The zero-order chi connectivity index (χ0) is 103. The summed E-state index contributed by atoms with van der Waals surface area (Å²) < 4.78 is 214. The van der Waals surface area contributed by atoms with Crippen molar-refractivity contribution in [3.05, 3.63) is 207 Å². The summed E-state index contributed by atoms with van der Waals surface area (Å²) in [6.07, 6.45) is -33.9. The quantitative estimate of drug-likeness (QED) is 0.0163. The van der Waals surface area contributed by atoms with Crippen molar-refractivity contribution < 1.29 is 178 Å². The number of aliphatic hydroxyl groups is 1. The van der Waals surface area contributed by atoms with Crippen LogP contribution >= 0.6 is 54.8 Å². The van der Waals surface area contributed by atoms with Gasteiger partial charge in [0.05, 0.1) is 46.2 Å². The maximum atomic E-state index is 14.5. The van der Waals surface area contributed by atoms with Crippen LogP contribution in [0.3, 0.4) is 0 Å². The Kier molecular flexibility index (Phi) is 32.7. The third kappa shape index (κ3) is 26.4. The van der Waals surface area contributed by atoms with Crippen LogP contribution < -0.4 is 77.8 Å². The summed E-state index contributed by atoms with van der Waals surface area (Å²) in [5.74, 6) is -1.77. The van der Waals surface area contributed by atoms with Crippen LogP contribution in [0.4, 0.5) is 0 Å². The Labute approximate surface area is 784 Å². The molecule has 7 aliphatic rings. The number of aryl methyl sites for hydroxylation is 7. The van der Waals surface area contributed by atoms with Crippen molar-refractivity contribution >= 4 is 54.8 Å². The summed E-state index contributed by atoms with van der Waals surface area (Å²) in [6.45, 7) is 0.754. The Hall–Kier alpha value is -8.79. The summed E-state index contributed by atoms with van der Waals surface area (Å²) in [5, 5.41) is 34.3. The zero-order valence-corrected chi connectivity index (χ0v) is 80.2. The molecule has 7 aromatic rings. The van der Waals surface area contributed by atoms with Crippen molar-refractivity contribution in [3.8, 4) is 11.8 Å². The number of nitrogens with one attached hydrogen (secondary N) is 5. The second-order valence-corrected chi connectivity index (χ2v) is 42.7. The van der Waals surface area contributed by atoms with Crippen molar-refractivity contribution in [2.45, 2.75) is 222 Å². The number of hydrogen-bond acceptors (Lipinski definition) is 44. The van der Waals surface area contributed by atoms with Crippen molar-refractivity contribution in [2.75, 3.05) is 46.2 Å². The lowest BCUT2D eigenvalue weighted by atomic mass is 10.2. The standard InChI is InChI=1S/C70H93N14O50P7/c1-29-15-78(64(93)71-57(29)86)50-8-36(43(22-85)121-50)129-136(103,104)116-24-45-38(10-52(123-45)80-17-31(3)59(88)73-66(80)95)131-138(107,108)118-26-47-40(12-54(125-47)82-19-33(5)61(90)75-68(82)97)133-140(111,112)120-28-49-42(14-56(127-49)84-21-35(7)63(92)77-70(84)99)134-141(113,114)119-27-48-41(13-55(126-48)83-20-34(6)62(91)76-69(83)98)132-139(109,110)117-25-46-39(11-53(124-46)81-18-32(4)60(89)74-67(81)96)130-137(105,106)115-23-44-37(128-135(100,101)102)9-51(122-44)79-16-30(2)58(87)72-65(79)94/h15-21,36-56,85H,8-14,22-28H2,1-7H3,(H,103,104)(H,105,106)(H,107,108)(H,109,110)(H,111,112)(H,113,114)(H,71,86,93)(H,72,87,94)(H,73,88,95)(H,74,89,96)(H,75,90,97)(H,76,91,98)(H,77,92,99)(H2,100,101,102)/p-2/t36-,37-,38-,39-,40-,41-,42-,43+,44+,45+,46+,47+,48+,49+,50+,51+,52+,53+,54+,55+,56+/m0/s1. The van der Waals surface area contributed by atoms with Crippen LogP contribution in [0.5, 0.6) is 11.8 Å². The number of aromatic amines is 5. The lowest BCUT2D eigenvalue weighted by Crippen LogP contribution is -2.33. The van der Waals surface area contributed by atoms with Gasteiger partial charge in [0.2, 0.25) is 0 Å². The number of H-pyrrole nitrogens is 5. The summed E-state index contributed by atoms with van der Waals surface area (Å²) in [6, 6.07) is 0. The summed E-state index contributed by atoms with van der Waals surface area (Å²) in [7, 11) is -39.5. The number of nitrogens with zero attached hydrogens (tertiary/aromatic N) is 9. The smallest absolute Gasteiger partial charge is 0.472 e. The van der Waals surface area contributed by atoms with Crippen molar-refractivity contribution in [1.29, 1.82) is 0 Å². The van der Waals surface area contributed by atoms with Crippen LogP contribution in [0.2, 0.25) is 0 Å². The van der Waals surface area contributed by atoms with E-state index in [1.54, 1.807) is 0 Å². The van der Waals surface area contributed by atoms with Gasteiger partial charge >= 0.3 is 94.6 Å². The summed E-state index contributed by atoms with van der Waals surface area (Å²) >= 11 is 0. The van der Waals surface area contributed by atoms with Gasteiger partial charge in [0, 0.05) is 116 Å². The highest BCUT2D eigenvalue weighted by Gasteiger charge is 2.53. The molecule has 14 rings (SSSR count). The second kappa shape index (κ2) is 42.7. The van der Waals surface area contributed by atoms with Crippen LogP contribution in [0.1, 0.15) is 127 Å². The molecule has 27 atom stereocenters. The monoisotopic (exact) mass is 2140 g/mol. The lowest BCUT2D eigenvalue weighted by Gasteiger charge is -2.26. The predicted molar refractivity (Wildman–Crippen MR) is 453 cm³/mol. The summed E-state index contributed by atoms with van der Waals surface area (Å²) in [4.78, 5) is 260. The lowest BCUT2D eigenvalue weighted by molar-refractivity contribution is -0.277.